The zero-order chi connectivity index (χ0) is 17.3. The number of likely N-dealkylation sites (N-methyl/N-ethyl adjacent to an activating group) is 1. The Bertz CT molecular complexity index is 807. The number of rotatable bonds is 6. The quantitative estimate of drug-likeness (QED) is 0.832. The fourth-order valence-electron chi connectivity index (χ4n) is 3.10. The lowest BCUT2D eigenvalue weighted by Crippen LogP contribution is -2.51. The Morgan fingerprint density at radius 2 is 2.38 bits per heavy atom. The third-order valence-electron chi connectivity index (χ3n) is 4.41. The molecule has 126 valence electrons. The number of anilines is 1. The van der Waals surface area contributed by atoms with Gasteiger partial charge in [-0.2, -0.15) is 5.26 Å². The van der Waals surface area contributed by atoms with E-state index in [9.17, 15) is 10.1 Å². The van der Waals surface area contributed by atoms with Crippen LogP contribution in [0.2, 0.25) is 5.02 Å². The topological polar surface area (TPSA) is 93.7 Å². The highest BCUT2D eigenvalue weighted by Crippen LogP contribution is 2.30. The number of aromatic nitrogens is 2. The van der Waals surface area contributed by atoms with Gasteiger partial charge in [0.25, 0.3) is 0 Å². The molecule has 0 radical (unpaired) electrons. The maximum absolute atomic E-state index is 10.9. The number of nitriles is 1. The van der Waals surface area contributed by atoms with E-state index < -0.39 is 5.97 Å². The number of pyridine rings is 1. The lowest BCUT2D eigenvalue weighted by molar-refractivity contribution is -0.139. The minimum absolute atomic E-state index is 0.0597. The summed E-state index contributed by atoms with van der Waals surface area (Å²) in [5.74, 6) is -0.262. The SMILES string of the molecule is CCN(CC(=O)O)C1CC(Nc2nc3cc(Cl)ccn3c2C#N)C1. The molecule has 2 aromatic heterocycles. The van der Waals surface area contributed by atoms with Crippen LogP contribution in [0.15, 0.2) is 18.3 Å². The summed E-state index contributed by atoms with van der Waals surface area (Å²) in [5.41, 5.74) is 1.07. The first kappa shape index (κ1) is 16.6. The van der Waals surface area contributed by atoms with Crippen LogP contribution in [0.5, 0.6) is 0 Å². The minimum Gasteiger partial charge on any atom is -0.480 e. The highest BCUT2D eigenvalue weighted by molar-refractivity contribution is 6.30. The second kappa shape index (κ2) is 6.67. The molecular formula is C16H18ClN5O2. The molecule has 7 nitrogen and oxygen atoms in total. The van der Waals surface area contributed by atoms with E-state index in [1.807, 2.05) is 11.8 Å². The highest BCUT2D eigenvalue weighted by atomic mass is 35.5. The van der Waals surface area contributed by atoms with Gasteiger partial charge >= 0.3 is 5.97 Å². The van der Waals surface area contributed by atoms with Crippen molar-refractivity contribution in [2.45, 2.75) is 31.8 Å². The molecule has 0 bridgehead atoms. The number of imidazole rings is 1. The van der Waals surface area contributed by atoms with Gasteiger partial charge in [0, 0.05) is 29.4 Å². The van der Waals surface area contributed by atoms with E-state index in [4.69, 9.17) is 16.7 Å². The number of nitrogens with one attached hydrogen (secondary N) is 1. The number of carboxylic acids is 1. The molecule has 8 heteroatoms. The first-order chi connectivity index (χ1) is 11.5. The number of halogens is 1. The average Bonchev–Trinajstić information content (AvgIpc) is 2.84. The molecular weight excluding hydrogens is 330 g/mol. The van der Waals surface area contributed by atoms with Gasteiger partial charge in [-0.1, -0.05) is 18.5 Å². The lowest BCUT2D eigenvalue weighted by Gasteiger charge is -2.42. The first-order valence-electron chi connectivity index (χ1n) is 7.82. The van der Waals surface area contributed by atoms with Gasteiger partial charge in [-0.25, -0.2) is 4.98 Å². The van der Waals surface area contributed by atoms with Crippen LogP contribution in [0.3, 0.4) is 0 Å². The minimum atomic E-state index is -0.808. The summed E-state index contributed by atoms with van der Waals surface area (Å²) < 4.78 is 1.70. The van der Waals surface area contributed by atoms with Crippen LogP contribution in [0.1, 0.15) is 25.5 Å². The fourth-order valence-corrected chi connectivity index (χ4v) is 3.25. The molecule has 2 aromatic rings. The molecule has 0 saturated heterocycles. The summed E-state index contributed by atoms with van der Waals surface area (Å²) >= 11 is 5.97. The van der Waals surface area contributed by atoms with Gasteiger partial charge in [-0.05, 0) is 25.5 Å². The van der Waals surface area contributed by atoms with E-state index in [0.29, 0.717) is 28.7 Å². The molecule has 0 atom stereocenters. The maximum Gasteiger partial charge on any atom is 0.317 e. The summed E-state index contributed by atoms with van der Waals surface area (Å²) in [6, 6.07) is 6.03. The number of hydrogen-bond acceptors (Lipinski definition) is 5. The second-order valence-corrected chi connectivity index (χ2v) is 6.35. The predicted molar refractivity (Wildman–Crippen MR) is 90.2 cm³/mol. The Hall–Kier alpha value is -2.30. The molecule has 2 heterocycles. The van der Waals surface area contributed by atoms with Crippen LogP contribution in [-0.2, 0) is 4.79 Å². The predicted octanol–water partition coefficient (Wildman–Crippen LogP) is 2.21. The Kier molecular flexibility index (Phi) is 4.60. The summed E-state index contributed by atoms with van der Waals surface area (Å²) in [4.78, 5) is 17.3. The van der Waals surface area contributed by atoms with E-state index in [0.717, 1.165) is 12.8 Å². The second-order valence-electron chi connectivity index (χ2n) is 5.92. The van der Waals surface area contributed by atoms with E-state index in [1.54, 1.807) is 22.7 Å². The summed E-state index contributed by atoms with van der Waals surface area (Å²) in [6.45, 7) is 2.73. The Balaban J connectivity index is 1.69. The van der Waals surface area contributed by atoms with Gasteiger partial charge in [0.15, 0.2) is 11.5 Å². The number of carbonyl (C=O) groups is 1. The first-order valence-corrected chi connectivity index (χ1v) is 8.19. The average molecular weight is 348 g/mol. The van der Waals surface area contributed by atoms with Gasteiger partial charge in [0.2, 0.25) is 0 Å². The summed E-state index contributed by atoms with van der Waals surface area (Å²) in [6.07, 6.45) is 3.39. The number of hydrogen-bond donors (Lipinski definition) is 2. The molecule has 0 unspecified atom stereocenters. The van der Waals surface area contributed by atoms with Crippen LogP contribution in [0.4, 0.5) is 5.82 Å². The monoisotopic (exact) mass is 347 g/mol. The van der Waals surface area contributed by atoms with Crippen molar-refractivity contribution in [2.75, 3.05) is 18.4 Å². The van der Waals surface area contributed by atoms with Crippen molar-refractivity contribution in [1.29, 1.82) is 5.26 Å². The van der Waals surface area contributed by atoms with E-state index in [2.05, 4.69) is 16.4 Å². The molecule has 1 saturated carbocycles. The van der Waals surface area contributed by atoms with Gasteiger partial charge in [-0.15, -0.1) is 0 Å². The van der Waals surface area contributed by atoms with Crippen molar-refractivity contribution in [3.8, 4) is 6.07 Å². The number of carboxylic acid groups (broad SMARTS) is 1. The molecule has 1 aliphatic carbocycles. The highest BCUT2D eigenvalue weighted by Gasteiger charge is 2.34. The van der Waals surface area contributed by atoms with Gasteiger partial charge in [0.1, 0.15) is 11.7 Å². The number of nitrogens with zero attached hydrogens (tertiary/aromatic N) is 4. The normalized spacial score (nSPS) is 19.9. The van der Waals surface area contributed by atoms with Crippen LogP contribution in [0.25, 0.3) is 5.65 Å². The molecule has 0 aliphatic heterocycles. The largest absolute Gasteiger partial charge is 0.480 e. The maximum atomic E-state index is 10.9. The molecule has 3 rings (SSSR count). The smallest absolute Gasteiger partial charge is 0.317 e. The van der Waals surface area contributed by atoms with E-state index in [1.165, 1.54) is 0 Å². The molecule has 1 fully saturated rings. The Morgan fingerprint density at radius 1 is 1.62 bits per heavy atom. The third-order valence-corrected chi connectivity index (χ3v) is 4.64. The van der Waals surface area contributed by atoms with Gasteiger partial charge in [0.05, 0.1) is 6.54 Å². The number of aliphatic carboxylic acids is 1. The standard InChI is InChI=1S/C16H18ClN5O2/c1-2-21(9-15(23)24)12-6-11(7-12)19-16-13(8-18)22-4-3-10(17)5-14(22)20-16/h3-5,11-12,19H,2,6-7,9H2,1H3,(H,23,24). The molecule has 2 N–H and O–H groups in total. The summed E-state index contributed by atoms with van der Waals surface area (Å²) in [5, 5.41) is 22.2. The summed E-state index contributed by atoms with van der Waals surface area (Å²) in [7, 11) is 0. The van der Waals surface area contributed by atoms with Gasteiger partial charge < -0.3 is 10.4 Å². The zero-order valence-electron chi connectivity index (χ0n) is 13.2. The Morgan fingerprint density at radius 3 is 3.00 bits per heavy atom. The number of fused-ring (bicyclic) bond motifs is 1. The molecule has 24 heavy (non-hydrogen) atoms. The Labute approximate surface area is 144 Å². The van der Waals surface area contributed by atoms with E-state index in [-0.39, 0.29) is 18.6 Å². The fraction of sp³-hybridized carbons (Fsp3) is 0.438. The van der Waals surface area contributed by atoms with Crippen molar-refractivity contribution in [3.63, 3.8) is 0 Å². The van der Waals surface area contributed by atoms with Crippen LogP contribution >= 0.6 is 11.6 Å². The van der Waals surface area contributed by atoms with Crippen LogP contribution < -0.4 is 5.32 Å². The van der Waals surface area contributed by atoms with Gasteiger partial charge in [-0.3, -0.25) is 14.1 Å². The molecule has 0 amide bonds. The van der Waals surface area contributed by atoms with Crippen molar-refractivity contribution in [3.05, 3.63) is 29.0 Å². The molecule has 0 spiro atoms. The molecule has 1 aliphatic rings. The van der Waals surface area contributed by atoms with Crippen molar-refractivity contribution in [1.82, 2.24) is 14.3 Å². The van der Waals surface area contributed by atoms with Crippen molar-refractivity contribution in [2.24, 2.45) is 0 Å². The van der Waals surface area contributed by atoms with Crippen molar-refractivity contribution >= 4 is 29.0 Å². The van der Waals surface area contributed by atoms with E-state index >= 15 is 0 Å². The zero-order valence-corrected chi connectivity index (χ0v) is 14.0. The van der Waals surface area contributed by atoms with Crippen molar-refractivity contribution < 1.29 is 9.90 Å². The van der Waals surface area contributed by atoms with Crippen LogP contribution in [0, 0.1) is 11.3 Å². The lowest BCUT2D eigenvalue weighted by atomic mass is 9.85. The third kappa shape index (κ3) is 3.16. The van der Waals surface area contributed by atoms with Crippen LogP contribution in [-0.4, -0.2) is 50.5 Å². The molecule has 0 aromatic carbocycles.